The van der Waals surface area contributed by atoms with E-state index in [-0.39, 0.29) is 19.4 Å². The van der Waals surface area contributed by atoms with Gasteiger partial charge in [0, 0.05) is 6.42 Å². The Balaban J connectivity index is 1.38. The van der Waals surface area contributed by atoms with Gasteiger partial charge in [0.1, 0.15) is 6.04 Å². The number of benzene rings is 1. The fraction of sp³-hybridized carbons (Fsp3) is 0.522. The van der Waals surface area contributed by atoms with Gasteiger partial charge in [-0.15, -0.1) is 0 Å². The molecule has 0 bridgehead atoms. The van der Waals surface area contributed by atoms with Gasteiger partial charge in [-0.3, -0.25) is 39.1 Å². The predicted octanol–water partition coefficient (Wildman–Crippen LogP) is 1.21. The van der Waals surface area contributed by atoms with E-state index in [4.69, 9.17) is 5.11 Å². The molecule has 1 atom stereocenters. The second-order valence-corrected chi connectivity index (χ2v) is 8.79. The molecule has 0 aromatic heterocycles. The molecule has 170 valence electrons. The highest BCUT2D eigenvalue weighted by Gasteiger charge is 2.45. The second-order valence-electron chi connectivity index (χ2n) is 8.79. The Morgan fingerprint density at radius 1 is 1.06 bits per heavy atom. The van der Waals surface area contributed by atoms with E-state index in [0.717, 1.165) is 49.2 Å². The van der Waals surface area contributed by atoms with Gasteiger partial charge < -0.3 is 5.11 Å². The van der Waals surface area contributed by atoms with Crippen LogP contribution in [0, 0.1) is 5.92 Å². The summed E-state index contributed by atoms with van der Waals surface area (Å²) in [5.41, 5.74) is 1.50. The molecule has 4 amide bonds. The highest BCUT2D eigenvalue weighted by Crippen LogP contribution is 2.31. The van der Waals surface area contributed by atoms with Crippen LogP contribution in [0.5, 0.6) is 0 Å². The molecule has 3 heterocycles. The number of rotatable bonds is 7. The maximum Gasteiger partial charge on any atom is 0.317 e. The van der Waals surface area contributed by atoms with E-state index >= 15 is 0 Å². The first-order chi connectivity index (χ1) is 15.3. The van der Waals surface area contributed by atoms with Crippen molar-refractivity contribution in [2.45, 2.75) is 51.0 Å². The molecule has 1 aromatic rings. The summed E-state index contributed by atoms with van der Waals surface area (Å²) in [5.74, 6) is -2.21. The predicted molar refractivity (Wildman–Crippen MR) is 113 cm³/mol. The van der Waals surface area contributed by atoms with Crippen LogP contribution in [0.3, 0.4) is 0 Å². The van der Waals surface area contributed by atoms with Crippen LogP contribution in [0.15, 0.2) is 18.2 Å². The van der Waals surface area contributed by atoms with Gasteiger partial charge in [0.2, 0.25) is 11.8 Å². The third-order valence-electron chi connectivity index (χ3n) is 6.68. The van der Waals surface area contributed by atoms with Crippen LogP contribution in [0.1, 0.15) is 64.8 Å². The third kappa shape index (κ3) is 4.43. The number of nitrogens with one attached hydrogen (secondary N) is 1. The van der Waals surface area contributed by atoms with Gasteiger partial charge >= 0.3 is 5.97 Å². The normalized spacial score (nSPS) is 22.2. The van der Waals surface area contributed by atoms with Crippen molar-refractivity contribution in [3.8, 4) is 0 Å². The fourth-order valence-corrected chi connectivity index (χ4v) is 5.00. The molecular formula is C23H27N3O6. The minimum Gasteiger partial charge on any atom is -0.480 e. The monoisotopic (exact) mass is 441 g/mol. The number of aliphatic carboxylic acids is 1. The molecule has 3 aliphatic heterocycles. The number of carboxylic acid groups (broad SMARTS) is 1. The van der Waals surface area contributed by atoms with Gasteiger partial charge in [0.05, 0.1) is 17.7 Å². The van der Waals surface area contributed by atoms with Crippen molar-refractivity contribution in [3.63, 3.8) is 0 Å². The first-order valence-corrected chi connectivity index (χ1v) is 11.1. The second kappa shape index (κ2) is 9.20. The quantitative estimate of drug-likeness (QED) is 0.610. The molecule has 0 aliphatic carbocycles. The van der Waals surface area contributed by atoms with E-state index in [0.29, 0.717) is 23.5 Å². The molecule has 4 rings (SSSR count). The van der Waals surface area contributed by atoms with Crippen LogP contribution >= 0.6 is 0 Å². The SMILES string of the molecule is O=C(O)CN1CCC(CCCc2cccc3c2C(=O)N(C2CCC(=O)NC2=O)C3=O)CC1. The van der Waals surface area contributed by atoms with E-state index in [1.807, 2.05) is 11.0 Å². The molecule has 2 saturated heterocycles. The zero-order valence-electron chi connectivity index (χ0n) is 17.8. The number of nitrogens with zero attached hydrogens (tertiary/aromatic N) is 2. The van der Waals surface area contributed by atoms with Crippen molar-refractivity contribution in [3.05, 3.63) is 34.9 Å². The van der Waals surface area contributed by atoms with Gasteiger partial charge in [-0.25, -0.2) is 0 Å². The standard InChI is InChI=1S/C23H27N3O6/c27-18-8-7-17(21(30)24-18)26-22(31)16-6-2-5-15(20(16)23(26)32)4-1-3-14-9-11-25(12-10-14)13-19(28)29/h2,5-6,14,17H,1,3-4,7-13H2,(H,28,29)(H,24,27,30). The van der Waals surface area contributed by atoms with Gasteiger partial charge in [0.15, 0.2) is 0 Å². The van der Waals surface area contributed by atoms with Crippen molar-refractivity contribution in [2.75, 3.05) is 19.6 Å². The molecule has 1 aromatic carbocycles. The Bertz CT molecular complexity index is 966. The molecule has 0 spiro atoms. The number of amides is 4. The zero-order valence-corrected chi connectivity index (χ0v) is 17.8. The Labute approximate surface area is 185 Å². The average molecular weight is 441 g/mol. The highest BCUT2D eigenvalue weighted by atomic mass is 16.4. The lowest BCUT2D eigenvalue weighted by molar-refractivity contribution is -0.139. The van der Waals surface area contributed by atoms with E-state index in [2.05, 4.69) is 5.32 Å². The zero-order chi connectivity index (χ0) is 22.8. The Kier molecular flexibility index (Phi) is 6.36. The van der Waals surface area contributed by atoms with Crippen LogP contribution < -0.4 is 5.32 Å². The van der Waals surface area contributed by atoms with E-state index in [1.54, 1.807) is 12.1 Å². The van der Waals surface area contributed by atoms with E-state index in [9.17, 15) is 24.0 Å². The van der Waals surface area contributed by atoms with E-state index in [1.165, 1.54) is 0 Å². The topological polar surface area (TPSA) is 124 Å². The lowest BCUT2D eigenvalue weighted by Gasteiger charge is -2.30. The summed E-state index contributed by atoms with van der Waals surface area (Å²) in [6.07, 6.45) is 4.65. The number of carboxylic acids is 1. The first kappa shape index (κ1) is 22.1. The summed E-state index contributed by atoms with van der Waals surface area (Å²) in [4.78, 5) is 63.5. The summed E-state index contributed by atoms with van der Waals surface area (Å²) < 4.78 is 0. The van der Waals surface area contributed by atoms with Crippen molar-refractivity contribution in [1.82, 2.24) is 15.1 Å². The third-order valence-corrected chi connectivity index (χ3v) is 6.68. The van der Waals surface area contributed by atoms with Crippen LogP contribution in [0.2, 0.25) is 0 Å². The summed E-state index contributed by atoms with van der Waals surface area (Å²) >= 11 is 0. The summed E-state index contributed by atoms with van der Waals surface area (Å²) in [6.45, 7) is 1.65. The number of aryl methyl sites for hydroxylation is 1. The smallest absolute Gasteiger partial charge is 0.317 e. The van der Waals surface area contributed by atoms with Crippen LogP contribution in [0.4, 0.5) is 0 Å². The molecule has 0 saturated carbocycles. The molecule has 0 radical (unpaired) electrons. The van der Waals surface area contributed by atoms with Gasteiger partial charge in [-0.2, -0.15) is 0 Å². The lowest BCUT2D eigenvalue weighted by atomic mass is 9.89. The Morgan fingerprint density at radius 2 is 1.81 bits per heavy atom. The first-order valence-electron chi connectivity index (χ1n) is 11.1. The van der Waals surface area contributed by atoms with Crippen LogP contribution in [-0.2, 0) is 20.8 Å². The molecule has 9 heteroatoms. The number of carbonyl (C=O) groups excluding carboxylic acids is 4. The van der Waals surface area contributed by atoms with Gasteiger partial charge in [0.25, 0.3) is 11.8 Å². The molecule has 2 fully saturated rings. The lowest BCUT2D eigenvalue weighted by Crippen LogP contribution is -2.54. The number of fused-ring (bicyclic) bond motifs is 1. The average Bonchev–Trinajstić information content (AvgIpc) is 3.00. The molecule has 9 nitrogen and oxygen atoms in total. The number of likely N-dealkylation sites (tertiary alicyclic amines) is 1. The van der Waals surface area contributed by atoms with Crippen LogP contribution in [0.25, 0.3) is 0 Å². The Morgan fingerprint density at radius 3 is 2.50 bits per heavy atom. The van der Waals surface area contributed by atoms with Crippen LogP contribution in [-0.4, -0.2) is 70.2 Å². The van der Waals surface area contributed by atoms with E-state index < -0.39 is 35.6 Å². The molecule has 2 N–H and O–H groups in total. The molecular weight excluding hydrogens is 414 g/mol. The largest absolute Gasteiger partial charge is 0.480 e. The summed E-state index contributed by atoms with van der Waals surface area (Å²) in [6, 6.07) is 4.28. The number of carbonyl (C=O) groups is 5. The maximum atomic E-state index is 13.1. The van der Waals surface area contributed by atoms with Crippen molar-refractivity contribution in [2.24, 2.45) is 5.92 Å². The number of hydrogen-bond acceptors (Lipinski definition) is 6. The fourth-order valence-electron chi connectivity index (χ4n) is 5.00. The summed E-state index contributed by atoms with van der Waals surface area (Å²) in [7, 11) is 0. The Hall–Kier alpha value is -3.07. The highest BCUT2D eigenvalue weighted by molar-refractivity contribution is 6.24. The number of imide groups is 2. The minimum absolute atomic E-state index is 0.0860. The van der Waals surface area contributed by atoms with Gasteiger partial charge in [-0.05, 0) is 62.7 Å². The maximum absolute atomic E-state index is 13.1. The minimum atomic E-state index is -0.955. The van der Waals surface area contributed by atoms with Crippen molar-refractivity contribution < 1.29 is 29.1 Å². The number of piperidine rings is 2. The number of hydrogen-bond donors (Lipinski definition) is 2. The summed E-state index contributed by atoms with van der Waals surface area (Å²) in [5, 5.41) is 11.1. The van der Waals surface area contributed by atoms with Gasteiger partial charge in [-0.1, -0.05) is 18.6 Å². The molecule has 1 unspecified atom stereocenters. The van der Waals surface area contributed by atoms with Crippen molar-refractivity contribution >= 4 is 29.6 Å². The molecule has 3 aliphatic rings. The molecule has 32 heavy (non-hydrogen) atoms. The van der Waals surface area contributed by atoms with Crippen molar-refractivity contribution in [1.29, 1.82) is 0 Å².